The van der Waals surface area contributed by atoms with Crippen molar-refractivity contribution in [2.45, 2.75) is 142 Å². The van der Waals surface area contributed by atoms with Crippen molar-refractivity contribution in [1.82, 2.24) is 0 Å². The topological polar surface area (TPSA) is 52.5 Å². The molecular formula is C28H61NO3PS+. The summed E-state index contributed by atoms with van der Waals surface area (Å²) < 4.78 is 6.27. The van der Waals surface area contributed by atoms with Crippen molar-refractivity contribution in [3.8, 4) is 0 Å². The Bertz CT molecular complexity index is 424. The van der Waals surface area contributed by atoms with E-state index >= 15 is 0 Å². The van der Waals surface area contributed by atoms with Gasteiger partial charge in [0.25, 0.3) is 7.15 Å². The molecule has 0 aromatic heterocycles. The lowest BCUT2D eigenvalue weighted by Gasteiger charge is -2.30. The van der Waals surface area contributed by atoms with Crippen molar-refractivity contribution in [2.75, 3.05) is 39.5 Å². The van der Waals surface area contributed by atoms with Crippen LogP contribution < -0.4 is 4.89 Å². The molecule has 1 N–H and O–H groups in total. The first-order valence-electron chi connectivity index (χ1n) is 14.8. The van der Waals surface area contributed by atoms with Gasteiger partial charge in [-0.3, -0.25) is 0 Å². The molecule has 0 amide bonds. The van der Waals surface area contributed by atoms with E-state index in [4.69, 9.17) is 4.52 Å². The molecule has 0 aliphatic heterocycles. The van der Waals surface area contributed by atoms with Gasteiger partial charge in [-0.05, 0) is 19.3 Å². The van der Waals surface area contributed by atoms with E-state index in [1.807, 2.05) is 0 Å². The van der Waals surface area contributed by atoms with E-state index < -0.39 is 7.15 Å². The lowest BCUT2D eigenvalue weighted by atomic mass is 10.1. The molecule has 0 saturated carbocycles. The van der Waals surface area contributed by atoms with Crippen molar-refractivity contribution < 1.29 is 18.8 Å². The van der Waals surface area contributed by atoms with Gasteiger partial charge in [-0.2, -0.15) is 4.52 Å². The molecule has 6 heteroatoms. The quantitative estimate of drug-likeness (QED) is 0.0666. The van der Waals surface area contributed by atoms with E-state index in [9.17, 15) is 9.79 Å². The highest BCUT2D eigenvalue weighted by Gasteiger charge is 2.28. The van der Waals surface area contributed by atoms with Crippen LogP contribution >= 0.6 is 18.5 Å². The summed E-state index contributed by atoms with van der Waals surface area (Å²) in [5.41, 5.74) is 0. The molecule has 0 spiro atoms. The average molecular weight is 523 g/mol. The highest BCUT2D eigenvalue weighted by Crippen LogP contribution is 2.59. The van der Waals surface area contributed by atoms with Gasteiger partial charge >= 0.3 is 0 Å². The van der Waals surface area contributed by atoms with Crippen molar-refractivity contribution in [3.63, 3.8) is 0 Å². The van der Waals surface area contributed by atoms with Gasteiger partial charge in [0.05, 0.1) is 50.9 Å². The molecule has 0 heterocycles. The minimum Gasteiger partial charge on any atom is -0.622 e. The van der Waals surface area contributed by atoms with E-state index in [2.05, 4.69) is 27.9 Å². The second-order valence-corrected chi connectivity index (χ2v) is 14.9. The first-order chi connectivity index (χ1) is 16.3. The summed E-state index contributed by atoms with van der Waals surface area (Å²) in [4.78, 5) is 22.4. The zero-order chi connectivity index (χ0) is 25.4. The summed E-state index contributed by atoms with van der Waals surface area (Å²) in [6.07, 6.45) is 26.2. The predicted molar refractivity (Wildman–Crippen MR) is 153 cm³/mol. The first kappa shape index (κ1) is 34.6. The van der Waals surface area contributed by atoms with Crippen LogP contribution in [0.3, 0.4) is 0 Å². The summed E-state index contributed by atoms with van der Waals surface area (Å²) in [5.74, 6) is 0.677. The number of hydrogen-bond acceptors (Lipinski definition) is 4. The smallest absolute Gasteiger partial charge is 0.295 e. The molecular weight excluding hydrogens is 461 g/mol. The van der Waals surface area contributed by atoms with E-state index in [0.29, 0.717) is 12.4 Å². The number of unbranched alkanes of at least 4 members (excludes halogenated alkanes) is 18. The summed E-state index contributed by atoms with van der Waals surface area (Å²) >= 11 is 1.12. The van der Waals surface area contributed by atoms with Crippen molar-refractivity contribution in [3.05, 3.63) is 0 Å². The molecule has 0 aliphatic carbocycles. The van der Waals surface area contributed by atoms with Crippen LogP contribution in [0.2, 0.25) is 0 Å². The molecule has 0 radical (unpaired) electrons. The average Bonchev–Trinajstić information content (AvgIpc) is 2.78. The Morgan fingerprint density at radius 2 is 1.00 bits per heavy atom. The van der Waals surface area contributed by atoms with Gasteiger partial charge < -0.3 is 9.38 Å². The van der Waals surface area contributed by atoms with Crippen LogP contribution in [0.25, 0.3) is 0 Å². The standard InChI is InChI=1S/C28H60NO3PS/c1-5-7-9-11-13-15-17-19-21-23-25-29(3,4)26-28-34-33(30,31)32-27-24-22-20-18-16-14-12-10-8-6-2/h5-28H2,1-4H3/p+1. The van der Waals surface area contributed by atoms with Gasteiger partial charge in [-0.1, -0.05) is 123 Å². The predicted octanol–water partition coefficient (Wildman–Crippen LogP) is 8.68. The second kappa shape index (κ2) is 24.0. The lowest BCUT2D eigenvalue weighted by molar-refractivity contribution is -0.888. The number of quaternary nitrogens is 1. The molecule has 4 nitrogen and oxygen atoms in total. The third-order valence-electron chi connectivity index (χ3n) is 6.82. The second-order valence-electron chi connectivity index (χ2n) is 10.9. The Kier molecular flexibility index (Phi) is 24.4. The SMILES string of the molecule is CCCCCCCCCCCCO[P+]([O-])(O)SCC[N+](C)(C)CCCCCCCCCCCC. The first-order valence-corrected chi connectivity index (χ1v) is 17.9. The van der Waals surface area contributed by atoms with Crippen LogP contribution in [0, 0.1) is 0 Å². The zero-order valence-electron chi connectivity index (χ0n) is 23.5. The van der Waals surface area contributed by atoms with Crippen LogP contribution in [0.4, 0.5) is 0 Å². The van der Waals surface area contributed by atoms with Crippen molar-refractivity contribution in [1.29, 1.82) is 0 Å². The maximum absolute atomic E-state index is 12.3. The summed E-state index contributed by atoms with van der Waals surface area (Å²) in [7, 11) is 0.971. The molecule has 0 aromatic rings. The van der Waals surface area contributed by atoms with Gasteiger partial charge in [0.1, 0.15) is 0 Å². The number of nitrogens with zero attached hydrogens (tertiary/aromatic N) is 1. The monoisotopic (exact) mass is 522 g/mol. The minimum atomic E-state index is -3.50. The Morgan fingerprint density at radius 3 is 1.44 bits per heavy atom. The lowest BCUT2D eigenvalue weighted by Crippen LogP contribution is -2.42. The van der Waals surface area contributed by atoms with E-state index in [-0.39, 0.29) is 0 Å². The molecule has 1 atom stereocenters. The van der Waals surface area contributed by atoms with E-state index in [0.717, 1.165) is 41.8 Å². The van der Waals surface area contributed by atoms with Crippen LogP contribution in [0.15, 0.2) is 0 Å². The summed E-state index contributed by atoms with van der Waals surface area (Å²) in [6, 6.07) is 0. The number of rotatable bonds is 27. The van der Waals surface area contributed by atoms with Crippen LogP contribution in [0.1, 0.15) is 142 Å². The van der Waals surface area contributed by atoms with E-state index in [1.165, 1.54) is 116 Å². The van der Waals surface area contributed by atoms with Crippen molar-refractivity contribution in [2.24, 2.45) is 0 Å². The molecule has 34 heavy (non-hydrogen) atoms. The normalized spacial score (nSPS) is 13.9. The molecule has 0 saturated heterocycles. The summed E-state index contributed by atoms with van der Waals surface area (Å²) in [5, 5.41) is 0. The third kappa shape index (κ3) is 25.7. The molecule has 0 aromatic carbocycles. The zero-order valence-corrected chi connectivity index (χ0v) is 25.2. The van der Waals surface area contributed by atoms with Gasteiger partial charge in [-0.15, -0.1) is 0 Å². The molecule has 206 valence electrons. The van der Waals surface area contributed by atoms with Crippen LogP contribution in [0.5, 0.6) is 0 Å². The Balaban J connectivity index is 3.59. The molecule has 0 bridgehead atoms. The Hall–Kier alpha value is 0.620. The summed E-state index contributed by atoms with van der Waals surface area (Å²) in [6.45, 7) is 7.00. The highest BCUT2D eigenvalue weighted by atomic mass is 32.7. The van der Waals surface area contributed by atoms with Gasteiger partial charge in [0, 0.05) is 0 Å². The van der Waals surface area contributed by atoms with Gasteiger partial charge in [-0.25, -0.2) is 4.89 Å². The molecule has 1 unspecified atom stereocenters. The highest BCUT2D eigenvalue weighted by molar-refractivity contribution is 8.56. The number of hydrogen-bond donors (Lipinski definition) is 1. The van der Waals surface area contributed by atoms with Crippen LogP contribution in [-0.4, -0.2) is 48.9 Å². The maximum atomic E-state index is 12.3. The van der Waals surface area contributed by atoms with Gasteiger partial charge in [0.2, 0.25) is 0 Å². The molecule has 0 aliphatic rings. The fourth-order valence-electron chi connectivity index (χ4n) is 4.35. The largest absolute Gasteiger partial charge is 0.622 e. The fraction of sp³-hybridized carbons (Fsp3) is 1.00. The molecule has 0 fully saturated rings. The maximum Gasteiger partial charge on any atom is 0.295 e. The van der Waals surface area contributed by atoms with Crippen molar-refractivity contribution >= 4 is 18.5 Å². The van der Waals surface area contributed by atoms with Gasteiger partial charge in [0.15, 0.2) is 0 Å². The van der Waals surface area contributed by atoms with Crippen LogP contribution in [-0.2, 0) is 4.52 Å². The Labute approximate surface area is 218 Å². The molecule has 0 rings (SSSR count). The minimum absolute atomic E-state index is 0.411. The van der Waals surface area contributed by atoms with E-state index in [1.54, 1.807) is 0 Å². The Morgan fingerprint density at radius 1 is 0.618 bits per heavy atom. The third-order valence-corrected chi connectivity index (χ3v) is 9.86. The fourth-order valence-corrected chi connectivity index (χ4v) is 6.97.